The highest BCUT2D eigenvalue weighted by molar-refractivity contribution is 7.89. The zero-order valence-corrected chi connectivity index (χ0v) is 16.2. The number of benzene rings is 2. The molecule has 144 valence electrons. The molecule has 1 heterocycles. The number of sulfonamides is 1. The number of nitrogens with zero attached hydrogens (tertiary/aromatic N) is 1. The molecule has 2 atom stereocenters. The van der Waals surface area contributed by atoms with E-state index in [1.807, 2.05) is 0 Å². The van der Waals surface area contributed by atoms with Gasteiger partial charge in [0.05, 0.1) is 4.90 Å². The highest BCUT2D eigenvalue weighted by Crippen LogP contribution is 2.26. The Kier molecular flexibility index (Phi) is 5.62. The van der Waals surface area contributed by atoms with Gasteiger partial charge in [0.2, 0.25) is 10.0 Å². The molecule has 7 heteroatoms. The van der Waals surface area contributed by atoms with Gasteiger partial charge in [-0.05, 0) is 60.7 Å². The van der Waals surface area contributed by atoms with Crippen LogP contribution in [0.5, 0.6) is 0 Å². The third-order valence-electron chi connectivity index (χ3n) is 4.67. The lowest BCUT2D eigenvalue weighted by atomic mass is 9.94. The van der Waals surface area contributed by atoms with Gasteiger partial charge in [-0.2, -0.15) is 4.31 Å². The van der Waals surface area contributed by atoms with E-state index in [4.69, 9.17) is 0 Å². The molecule has 1 aliphatic heterocycles. The zero-order chi connectivity index (χ0) is 19.6. The average molecular weight is 390 g/mol. The van der Waals surface area contributed by atoms with E-state index >= 15 is 0 Å². The summed E-state index contributed by atoms with van der Waals surface area (Å²) in [6.07, 6.45) is 1.02. The van der Waals surface area contributed by atoms with E-state index in [9.17, 15) is 17.6 Å². The fourth-order valence-corrected chi connectivity index (χ4v) is 5.18. The fourth-order valence-electron chi connectivity index (χ4n) is 3.50. The van der Waals surface area contributed by atoms with Crippen molar-refractivity contribution in [1.29, 1.82) is 0 Å². The Morgan fingerprint density at radius 1 is 1.07 bits per heavy atom. The number of nitrogens with one attached hydrogen (secondary N) is 1. The zero-order valence-electron chi connectivity index (χ0n) is 15.4. The minimum absolute atomic E-state index is 0.172. The molecule has 0 bridgehead atoms. The molecule has 2 aromatic rings. The van der Waals surface area contributed by atoms with Crippen LogP contribution in [0.1, 0.15) is 30.6 Å². The summed E-state index contributed by atoms with van der Waals surface area (Å²) in [5.41, 5.74) is 0.645. The Morgan fingerprint density at radius 3 is 2.30 bits per heavy atom. The molecule has 5 nitrogen and oxygen atoms in total. The molecule has 1 amide bonds. The second kappa shape index (κ2) is 7.78. The van der Waals surface area contributed by atoms with Crippen LogP contribution in [0.4, 0.5) is 10.1 Å². The van der Waals surface area contributed by atoms with Crippen LogP contribution < -0.4 is 5.32 Å². The summed E-state index contributed by atoms with van der Waals surface area (Å²) in [5, 5.41) is 2.59. The van der Waals surface area contributed by atoms with Crippen molar-refractivity contribution in [2.45, 2.75) is 25.2 Å². The number of piperidine rings is 1. The molecule has 0 radical (unpaired) electrons. The van der Waals surface area contributed by atoms with Crippen molar-refractivity contribution in [3.8, 4) is 0 Å². The van der Waals surface area contributed by atoms with Crippen molar-refractivity contribution in [2.75, 3.05) is 18.4 Å². The van der Waals surface area contributed by atoms with Gasteiger partial charge in [0.25, 0.3) is 5.91 Å². The molecule has 1 saturated heterocycles. The number of anilines is 1. The van der Waals surface area contributed by atoms with Gasteiger partial charge in [-0.3, -0.25) is 4.79 Å². The Morgan fingerprint density at radius 2 is 1.70 bits per heavy atom. The smallest absolute Gasteiger partial charge is 0.255 e. The number of carbonyl (C=O) groups is 1. The third-order valence-corrected chi connectivity index (χ3v) is 6.52. The summed E-state index contributed by atoms with van der Waals surface area (Å²) in [6.45, 7) is 5.12. The first kappa shape index (κ1) is 19.5. The third kappa shape index (κ3) is 4.54. The topological polar surface area (TPSA) is 66.5 Å². The number of carbonyl (C=O) groups excluding carboxylic acids is 1. The highest BCUT2D eigenvalue weighted by Gasteiger charge is 2.31. The number of hydrogen-bond donors (Lipinski definition) is 1. The summed E-state index contributed by atoms with van der Waals surface area (Å²) < 4.78 is 40.5. The maximum Gasteiger partial charge on any atom is 0.255 e. The molecule has 3 rings (SSSR count). The standard InChI is InChI=1S/C20H23FN2O3S/c1-14-10-15(2)13-23(12-14)27(25,26)19-8-6-16(7-9-19)20(24)22-18-5-3-4-17(21)11-18/h3-9,11,14-15H,10,12-13H2,1-2H3,(H,22,24). The molecule has 2 unspecified atom stereocenters. The fraction of sp³-hybridized carbons (Fsp3) is 0.350. The number of hydrogen-bond acceptors (Lipinski definition) is 3. The lowest BCUT2D eigenvalue weighted by Gasteiger charge is -2.34. The van der Waals surface area contributed by atoms with E-state index in [2.05, 4.69) is 19.2 Å². The first-order valence-electron chi connectivity index (χ1n) is 8.93. The van der Waals surface area contributed by atoms with Gasteiger partial charge in [0.1, 0.15) is 5.82 Å². The molecule has 0 spiro atoms. The predicted octanol–water partition coefficient (Wildman–Crippen LogP) is 3.74. The van der Waals surface area contributed by atoms with Gasteiger partial charge >= 0.3 is 0 Å². The van der Waals surface area contributed by atoms with Crippen molar-refractivity contribution >= 4 is 21.6 Å². The number of amides is 1. The second-order valence-corrected chi connectivity index (χ2v) is 9.19. The first-order chi connectivity index (χ1) is 12.8. The van der Waals surface area contributed by atoms with Crippen LogP contribution in [-0.4, -0.2) is 31.7 Å². The van der Waals surface area contributed by atoms with Crippen LogP contribution in [-0.2, 0) is 10.0 Å². The van der Waals surface area contributed by atoms with E-state index in [1.54, 1.807) is 6.07 Å². The molecule has 1 fully saturated rings. The van der Waals surface area contributed by atoms with Gasteiger partial charge in [-0.25, -0.2) is 12.8 Å². The van der Waals surface area contributed by atoms with Crippen LogP contribution in [0, 0.1) is 17.7 Å². The summed E-state index contributed by atoms with van der Waals surface area (Å²) in [7, 11) is -3.58. The number of halogens is 1. The summed E-state index contributed by atoms with van der Waals surface area (Å²) >= 11 is 0. The molecular formula is C20H23FN2O3S. The maximum atomic E-state index is 13.2. The SMILES string of the molecule is CC1CC(C)CN(S(=O)(=O)c2ccc(C(=O)Nc3cccc(F)c3)cc2)C1. The van der Waals surface area contributed by atoms with E-state index in [1.165, 1.54) is 46.8 Å². The lowest BCUT2D eigenvalue weighted by molar-refractivity contribution is 0.102. The van der Waals surface area contributed by atoms with Gasteiger partial charge in [-0.1, -0.05) is 19.9 Å². The minimum atomic E-state index is -3.58. The van der Waals surface area contributed by atoms with Crippen molar-refractivity contribution in [3.63, 3.8) is 0 Å². The van der Waals surface area contributed by atoms with Gasteiger partial charge in [-0.15, -0.1) is 0 Å². The first-order valence-corrected chi connectivity index (χ1v) is 10.4. The van der Waals surface area contributed by atoms with Crippen LogP contribution in [0.15, 0.2) is 53.4 Å². The van der Waals surface area contributed by atoms with E-state index in [0.29, 0.717) is 36.2 Å². The van der Waals surface area contributed by atoms with Crippen molar-refractivity contribution in [3.05, 3.63) is 59.9 Å². The highest BCUT2D eigenvalue weighted by atomic mass is 32.2. The Labute approximate surface area is 159 Å². The average Bonchev–Trinajstić information content (AvgIpc) is 2.61. The molecule has 0 saturated carbocycles. The maximum absolute atomic E-state index is 13.2. The van der Waals surface area contributed by atoms with E-state index in [0.717, 1.165) is 6.42 Å². The molecule has 0 aromatic heterocycles. The van der Waals surface area contributed by atoms with E-state index < -0.39 is 21.7 Å². The molecule has 1 N–H and O–H groups in total. The Hall–Kier alpha value is -2.25. The normalized spacial score (nSPS) is 21.0. The summed E-state index contributed by atoms with van der Waals surface area (Å²) in [4.78, 5) is 12.5. The molecule has 1 aliphatic rings. The van der Waals surface area contributed by atoms with Crippen LogP contribution in [0.3, 0.4) is 0 Å². The number of rotatable bonds is 4. The Bertz CT molecular complexity index is 918. The van der Waals surface area contributed by atoms with Gasteiger partial charge in [0.15, 0.2) is 0 Å². The van der Waals surface area contributed by atoms with Crippen molar-refractivity contribution in [2.24, 2.45) is 11.8 Å². The van der Waals surface area contributed by atoms with Crippen LogP contribution >= 0.6 is 0 Å². The molecular weight excluding hydrogens is 367 g/mol. The van der Waals surface area contributed by atoms with Gasteiger partial charge in [0, 0.05) is 24.3 Å². The Balaban J connectivity index is 1.75. The minimum Gasteiger partial charge on any atom is -0.322 e. The largest absolute Gasteiger partial charge is 0.322 e. The second-order valence-electron chi connectivity index (χ2n) is 7.26. The molecule has 0 aliphatic carbocycles. The van der Waals surface area contributed by atoms with Crippen LogP contribution in [0.25, 0.3) is 0 Å². The summed E-state index contributed by atoms with van der Waals surface area (Å²) in [5.74, 6) is -0.233. The quantitative estimate of drug-likeness (QED) is 0.865. The monoisotopic (exact) mass is 390 g/mol. The van der Waals surface area contributed by atoms with Gasteiger partial charge < -0.3 is 5.32 Å². The molecule has 2 aromatic carbocycles. The lowest BCUT2D eigenvalue weighted by Crippen LogP contribution is -2.42. The van der Waals surface area contributed by atoms with Crippen molar-refractivity contribution < 1.29 is 17.6 Å². The summed E-state index contributed by atoms with van der Waals surface area (Å²) in [6, 6.07) is 11.4. The van der Waals surface area contributed by atoms with E-state index in [-0.39, 0.29) is 4.90 Å². The van der Waals surface area contributed by atoms with Crippen molar-refractivity contribution in [1.82, 2.24) is 4.31 Å². The molecule has 27 heavy (non-hydrogen) atoms. The predicted molar refractivity (Wildman–Crippen MR) is 102 cm³/mol. The van der Waals surface area contributed by atoms with Crippen LogP contribution in [0.2, 0.25) is 0 Å².